The van der Waals surface area contributed by atoms with Crippen LogP contribution in [0.2, 0.25) is 0 Å². The first kappa shape index (κ1) is 13.6. The summed E-state index contributed by atoms with van der Waals surface area (Å²) in [5, 5.41) is 2.90. The summed E-state index contributed by atoms with van der Waals surface area (Å²) >= 11 is 3.07. The zero-order valence-electron chi connectivity index (χ0n) is 9.00. The molecule has 6 heteroatoms. The summed E-state index contributed by atoms with van der Waals surface area (Å²) in [5.41, 5.74) is 0.737. The maximum Gasteiger partial charge on any atom is 0.149 e. The van der Waals surface area contributed by atoms with E-state index in [0.29, 0.717) is 4.47 Å². The van der Waals surface area contributed by atoms with Gasteiger partial charge in [0.05, 0.1) is 10.2 Å². The van der Waals surface area contributed by atoms with E-state index in [9.17, 15) is 12.8 Å². The van der Waals surface area contributed by atoms with Crippen molar-refractivity contribution in [2.24, 2.45) is 0 Å². The Morgan fingerprint density at radius 2 is 2.12 bits per heavy atom. The molecule has 1 N–H and O–H groups in total. The van der Waals surface area contributed by atoms with Crippen LogP contribution in [-0.4, -0.2) is 27.5 Å². The molecular weight excluding hydrogens is 297 g/mol. The van der Waals surface area contributed by atoms with E-state index < -0.39 is 9.84 Å². The predicted octanol–water partition coefficient (Wildman–Crippen LogP) is 1.89. The van der Waals surface area contributed by atoms with Crippen LogP contribution in [0, 0.1) is 5.82 Å². The molecule has 16 heavy (non-hydrogen) atoms. The van der Waals surface area contributed by atoms with Crippen LogP contribution in [0.5, 0.6) is 0 Å². The molecule has 0 amide bonds. The maximum atomic E-state index is 13.0. The standard InChI is InChI=1S/C10H13BrFNO2S/c1-13-10(6-16(2,14)15)7-3-4-9(12)8(11)5-7/h3-5,10,13H,6H2,1-2H3. The number of benzene rings is 1. The van der Waals surface area contributed by atoms with Crippen molar-refractivity contribution >= 4 is 25.8 Å². The minimum atomic E-state index is -3.08. The molecule has 0 aliphatic carbocycles. The molecule has 1 unspecified atom stereocenters. The van der Waals surface area contributed by atoms with Gasteiger partial charge in [0.15, 0.2) is 0 Å². The van der Waals surface area contributed by atoms with Crippen LogP contribution in [0.3, 0.4) is 0 Å². The van der Waals surface area contributed by atoms with Crippen LogP contribution < -0.4 is 5.32 Å². The quantitative estimate of drug-likeness (QED) is 0.924. The molecule has 0 aromatic heterocycles. The van der Waals surface area contributed by atoms with Gasteiger partial charge in [0.1, 0.15) is 15.7 Å². The molecule has 1 rings (SSSR count). The van der Waals surface area contributed by atoms with Gasteiger partial charge in [0.2, 0.25) is 0 Å². The van der Waals surface area contributed by atoms with Crippen molar-refractivity contribution in [1.29, 1.82) is 0 Å². The maximum absolute atomic E-state index is 13.0. The minimum absolute atomic E-state index is 0.0123. The highest BCUT2D eigenvalue weighted by Gasteiger charge is 2.16. The third kappa shape index (κ3) is 3.84. The largest absolute Gasteiger partial charge is 0.312 e. The van der Waals surface area contributed by atoms with E-state index in [2.05, 4.69) is 21.2 Å². The van der Waals surface area contributed by atoms with Crippen molar-refractivity contribution in [3.05, 3.63) is 34.1 Å². The molecule has 1 aromatic carbocycles. The molecule has 0 heterocycles. The second-order valence-electron chi connectivity index (χ2n) is 3.61. The molecule has 0 aliphatic rings. The smallest absolute Gasteiger partial charge is 0.149 e. The van der Waals surface area contributed by atoms with E-state index in [0.717, 1.165) is 5.56 Å². The van der Waals surface area contributed by atoms with Crippen molar-refractivity contribution < 1.29 is 12.8 Å². The molecule has 0 saturated carbocycles. The van der Waals surface area contributed by atoms with E-state index in [1.165, 1.54) is 12.3 Å². The Labute approximate surface area is 103 Å². The van der Waals surface area contributed by atoms with Crippen molar-refractivity contribution in [3.63, 3.8) is 0 Å². The molecule has 90 valence electrons. The fraction of sp³-hybridized carbons (Fsp3) is 0.400. The van der Waals surface area contributed by atoms with E-state index >= 15 is 0 Å². The average molecular weight is 310 g/mol. The Hall–Kier alpha value is -0.460. The Kier molecular flexibility index (Phi) is 4.46. The fourth-order valence-electron chi connectivity index (χ4n) is 1.38. The summed E-state index contributed by atoms with van der Waals surface area (Å²) in [6.07, 6.45) is 1.18. The summed E-state index contributed by atoms with van der Waals surface area (Å²) in [5.74, 6) is -0.375. The number of hydrogen-bond donors (Lipinski definition) is 1. The summed E-state index contributed by atoms with van der Waals surface area (Å²) in [6.45, 7) is 0. The lowest BCUT2D eigenvalue weighted by molar-refractivity contribution is 0.578. The zero-order chi connectivity index (χ0) is 12.3. The number of sulfone groups is 1. The second kappa shape index (κ2) is 5.25. The number of hydrogen-bond acceptors (Lipinski definition) is 3. The third-order valence-corrected chi connectivity index (χ3v) is 3.71. The Morgan fingerprint density at radius 1 is 1.50 bits per heavy atom. The Morgan fingerprint density at radius 3 is 2.56 bits per heavy atom. The molecule has 0 fully saturated rings. The van der Waals surface area contributed by atoms with Gasteiger partial charge in [-0.1, -0.05) is 6.07 Å². The van der Waals surface area contributed by atoms with Crippen LogP contribution in [0.15, 0.2) is 22.7 Å². The van der Waals surface area contributed by atoms with Crippen LogP contribution in [0.25, 0.3) is 0 Å². The lowest BCUT2D eigenvalue weighted by Crippen LogP contribution is -2.24. The monoisotopic (exact) mass is 309 g/mol. The first-order valence-corrected chi connectivity index (χ1v) is 7.49. The number of rotatable bonds is 4. The second-order valence-corrected chi connectivity index (χ2v) is 6.65. The van der Waals surface area contributed by atoms with E-state index in [4.69, 9.17) is 0 Å². The van der Waals surface area contributed by atoms with Gasteiger partial charge < -0.3 is 5.32 Å². The Balaban J connectivity index is 3.00. The van der Waals surface area contributed by atoms with Gasteiger partial charge in [-0.25, -0.2) is 12.8 Å². The number of nitrogens with one attached hydrogen (secondary N) is 1. The van der Waals surface area contributed by atoms with E-state index in [1.807, 2.05) is 0 Å². The number of halogens is 2. The predicted molar refractivity (Wildman–Crippen MR) is 65.6 cm³/mol. The van der Waals surface area contributed by atoms with Gasteiger partial charge in [-0.3, -0.25) is 0 Å². The molecule has 0 radical (unpaired) electrons. The van der Waals surface area contributed by atoms with Gasteiger partial charge in [-0.15, -0.1) is 0 Å². The molecule has 0 spiro atoms. The van der Waals surface area contributed by atoms with Crippen molar-refractivity contribution in [2.75, 3.05) is 19.1 Å². The molecule has 1 aromatic rings. The highest BCUT2D eigenvalue weighted by Crippen LogP contribution is 2.22. The van der Waals surface area contributed by atoms with Crippen LogP contribution >= 0.6 is 15.9 Å². The van der Waals surface area contributed by atoms with E-state index in [-0.39, 0.29) is 17.6 Å². The van der Waals surface area contributed by atoms with Crippen molar-refractivity contribution in [3.8, 4) is 0 Å². The van der Waals surface area contributed by atoms with Gasteiger partial charge in [0, 0.05) is 12.3 Å². The molecule has 0 aliphatic heterocycles. The SMILES string of the molecule is CNC(CS(C)(=O)=O)c1ccc(F)c(Br)c1. The first-order valence-electron chi connectivity index (χ1n) is 4.63. The van der Waals surface area contributed by atoms with Crippen molar-refractivity contribution in [1.82, 2.24) is 5.32 Å². The summed E-state index contributed by atoms with van der Waals surface area (Å²) in [7, 11) is -1.40. The van der Waals surface area contributed by atoms with Crippen LogP contribution in [0.4, 0.5) is 4.39 Å². The van der Waals surface area contributed by atoms with Gasteiger partial charge in [-0.05, 0) is 40.7 Å². The van der Waals surface area contributed by atoms with E-state index in [1.54, 1.807) is 19.2 Å². The lowest BCUT2D eigenvalue weighted by Gasteiger charge is -2.15. The lowest BCUT2D eigenvalue weighted by atomic mass is 10.1. The minimum Gasteiger partial charge on any atom is -0.312 e. The molecule has 0 bridgehead atoms. The van der Waals surface area contributed by atoms with Crippen LogP contribution in [-0.2, 0) is 9.84 Å². The van der Waals surface area contributed by atoms with Crippen molar-refractivity contribution in [2.45, 2.75) is 6.04 Å². The average Bonchev–Trinajstić information content (AvgIpc) is 2.17. The molecule has 0 saturated heterocycles. The zero-order valence-corrected chi connectivity index (χ0v) is 11.4. The van der Waals surface area contributed by atoms with Gasteiger partial charge in [-0.2, -0.15) is 0 Å². The first-order chi connectivity index (χ1) is 7.33. The highest BCUT2D eigenvalue weighted by atomic mass is 79.9. The highest BCUT2D eigenvalue weighted by molar-refractivity contribution is 9.10. The molecular formula is C10H13BrFNO2S. The Bertz CT molecular complexity index is 476. The molecule has 1 atom stereocenters. The normalized spacial score (nSPS) is 13.8. The molecule has 3 nitrogen and oxygen atoms in total. The summed E-state index contributed by atoms with van der Waals surface area (Å²) in [6, 6.07) is 4.15. The summed E-state index contributed by atoms with van der Waals surface area (Å²) < 4.78 is 35.8. The topological polar surface area (TPSA) is 46.2 Å². The fourth-order valence-corrected chi connectivity index (χ4v) is 2.74. The summed E-state index contributed by atoms with van der Waals surface area (Å²) in [4.78, 5) is 0. The van der Waals surface area contributed by atoms with Crippen LogP contribution in [0.1, 0.15) is 11.6 Å². The van der Waals surface area contributed by atoms with Gasteiger partial charge >= 0.3 is 0 Å². The van der Waals surface area contributed by atoms with Gasteiger partial charge in [0.25, 0.3) is 0 Å². The third-order valence-electron chi connectivity index (χ3n) is 2.16.